The highest BCUT2D eigenvalue weighted by Gasteiger charge is 2.14. The zero-order chi connectivity index (χ0) is 15.5. The van der Waals surface area contributed by atoms with Crippen LogP contribution in [0.4, 0.5) is 5.82 Å². The maximum Gasteiger partial charge on any atom is 0.263 e. The summed E-state index contributed by atoms with van der Waals surface area (Å²) in [5.74, 6) is 0.826. The molecular formula is C15H17BrN2O2S. The van der Waals surface area contributed by atoms with Gasteiger partial charge in [-0.25, -0.2) is 13.4 Å². The second-order valence-electron chi connectivity index (χ2n) is 5.21. The first kappa shape index (κ1) is 16.0. The van der Waals surface area contributed by atoms with Gasteiger partial charge in [0.25, 0.3) is 10.0 Å². The zero-order valence-corrected chi connectivity index (χ0v) is 14.3. The standard InChI is InChI=1S/C15H17BrN2O2S/c1-11(2)9-12-3-5-14(6-4-12)21(19,20)18-15-10-13(16)7-8-17-15/h3-8,10-11H,9H2,1-2H3,(H,17,18). The fourth-order valence-electron chi connectivity index (χ4n) is 1.93. The lowest BCUT2D eigenvalue weighted by atomic mass is 10.0. The van der Waals surface area contributed by atoms with Crippen molar-refractivity contribution in [2.24, 2.45) is 5.92 Å². The molecule has 0 amide bonds. The summed E-state index contributed by atoms with van der Waals surface area (Å²) in [4.78, 5) is 4.22. The van der Waals surface area contributed by atoms with Gasteiger partial charge in [0.05, 0.1) is 4.90 Å². The molecule has 1 N–H and O–H groups in total. The first-order valence-electron chi connectivity index (χ1n) is 6.60. The third-order valence-electron chi connectivity index (χ3n) is 2.84. The van der Waals surface area contributed by atoms with Crippen LogP contribution in [0.2, 0.25) is 0 Å². The largest absolute Gasteiger partial charge is 0.263 e. The molecular weight excluding hydrogens is 352 g/mol. The Morgan fingerprint density at radius 3 is 2.43 bits per heavy atom. The smallest absolute Gasteiger partial charge is 0.263 e. The molecule has 2 aromatic rings. The van der Waals surface area contributed by atoms with E-state index in [2.05, 4.69) is 39.5 Å². The van der Waals surface area contributed by atoms with E-state index in [0.717, 1.165) is 16.5 Å². The summed E-state index contributed by atoms with van der Waals surface area (Å²) in [6.45, 7) is 4.26. The number of pyridine rings is 1. The topological polar surface area (TPSA) is 59.1 Å². The van der Waals surface area contributed by atoms with Gasteiger partial charge in [0.2, 0.25) is 0 Å². The Bertz CT molecular complexity index is 713. The van der Waals surface area contributed by atoms with Crippen LogP contribution in [0.15, 0.2) is 52.0 Å². The normalized spacial score (nSPS) is 11.6. The lowest BCUT2D eigenvalue weighted by Gasteiger charge is -2.09. The van der Waals surface area contributed by atoms with E-state index in [1.54, 1.807) is 24.3 Å². The first-order valence-corrected chi connectivity index (χ1v) is 8.88. The quantitative estimate of drug-likeness (QED) is 0.871. The molecule has 2 rings (SSSR count). The van der Waals surface area contributed by atoms with Crippen LogP contribution in [0, 0.1) is 5.92 Å². The van der Waals surface area contributed by atoms with Crippen LogP contribution < -0.4 is 4.72 Å². The van der Waals surface area contributed by atoms with Crippen LogP contribution in [-0.4, -0.2) is 13.4 Å². The van der Waals surface area contributed by atoms with Gasteiger partial charge in [-0.15, -0.1) is 0 Å². The fraction of sp³-hybridized carbons (Fsp3) is 0.267. The predicted octanol–water partition coefficient (Wildman–Crippen LogP) is 3.84. The number of rotatable bonds is 5. The van der Waals surface area contributed by atoms with Crippen LogP contribution in [0.1, 0.15) is 19.4 Å². The Balaban J connectivity index is 2.19. The Morgan fingerprint density at radius 1 is 1.19 bits per heavy atom. The average molecular weight is 369 g/mol. The van der Waals surface area contributed by atoms with Gasteiger partial charge in [0, 0.05) is 10.7 Å². The molecule has 0 atom stereocenters. The van der Waals surface area contributed by atoms with Crippen LogP contribution in [0.5, 0.6) is 0 Å². The third-order valence-corrected chi connectivity index (χ3v) is 4.70. The minimum atomic E-state index is -3.61. The van der Waals surface area contributed by atoms with E-state index in [9.17, 15) is 8.42 Å². The predicted molar refractivity (Wildman–Crippen MR) is 87.7 cm³/mol. The number of hydrogen-bond acceptors (Lipinski definition) is 3. The van der Waals surface area contributed by atoms with Crippen molar-refractivity contribution in [1.29, 1.82) is 0 Å². The minimum absolute atomic E-state index is 0.233. The maximum atomic E-state index is 12.3. The molecule has 4 nitrogen and oxygen atoms in total. The SMILES string of the molecule is CC(C)Cc1ccc(S(=O)(=O)Nc2cc(Br)ccn2)cc1. The molecule has 0 aliphatic rings. The van der Waals surface area contributed by atoms with Gasteiger partial charge in [-0.3, -0.25) is 4.72 Å². The van der Waals surface area contributed by atoms with E-state index < -0.39 is 10.0 Å². The molecule has 0 saturated heterocycles. The molecule has 0 spiro atoms. The highest BCUT2D eigenvalue weighted by atomic mass is 79.9. The number of aromatic nitrogens is 1. The molecule has 1 aromatic carbocycles. The van der Waals surface area contributed by atoms with Crippen LogP contribution in [-0.2, 0) is 16.4 Å². The van der Waals surface area contributed by atoms with Crippen molar-refractivity contribution in [1.82, 2.24) is 4.98 Å². The van der Waals surface area contributed by atoms with Crippen molar-refractivity contribution >= 4 is 31.8 Å². The summed E-state index contributed by atoms with van der Waals surface area (Å²) in [5.41, 5.74) is 1.13. The van der Waals surface area contributed by atoms with Crippen molar-refractivity contribution in [3.05, 3.63) is 52.6 Å². The molecule has 0 aliphatic heterocycles. The second-order valence-corrected chi connectivity index (χ2v) is 7.80. The van der Waals surface area contributed by atoms with E-state index in [0.29, 0.717) is 5.92 Å². The third kappa shape index (κ3) is 4.54. The lowest BCUT2D eigenvalue weighted by molar-refractivity contribution is 0.601. The lowest BCUT2D eigenvalue weighted by Crippen LogP contribution is -2.13. The molecule has 0 aliphatic carbocycles. The summed E-state index contributed by atoms with van der Waals surface area (Å²) in [6.07, 6.45) is 2.47. The van der Waals surface area contributed by atoms with Gasteiger partial charge in [-0.05, 0) is 42.2 Å². The number of nitrogens with one attached hydrogen (secondary N) is 1. The van der Waals surface area contributed by atoms with Crippen LogP contribution >= 0.6 is 15.9 Å². The van der Waals surface area contributed by atoms with E-state index in [4.69, 9.17) is 0 Å². The van der Waals surface area contributed by atoms with Crippen molar-refractivity contribution in [3.8, 4) is 0 Å². The molecule has 1 heterocycles. The molecule has 6 heteroatoms. The summed E-state index contributed by atoms with van der Waals surface area (Å²) >= 11 is 3.28. The Kier molecular flexibility index (Phi) is 5.00. The van der Waals surface area contributed by atoms with Gasteiger partial charge in [-0.1, -0.05) is 41.9 Å². The van der Waals surface area contributed by atoms with Gasteiger partial charge >= 0.3 is 0 Å². The number of halogens is 1. The van der Waals surface area contributed by atoms with E-state index in [1.807, 2.05) is 12.1 Å². The number of hydrogen-bond donors (Lipinski definition) is 1. The highest BCUT2D eigenvalue weighted by Crippen LogP contribution is 2.18. The van der Waals surface area contributed by atoms with Gasteiger partial charge in [0.15, 0.2) is 0 Å². The Morgan fingerprint density at radius 2 is 1.86 bits per heavy atom. The molecule has 0 fully saturated rings. The first-order chi connectivity index (χ1) is 9.87. The molecule has 0 bridgehead atoms. The van der Waals surface area contributed by atoms with Crippen LogP contribution in [0.25, 0.3) is 0 Å². The summed E-state index contributed by atoms with van der Waals surface area (Å²) in [6, 6.07) is 10.3. The van der Waals surface area contributed by atoms with Crippen LogP contribution in [0.3, 0.4) is 0 Å². The van der Waals surface area contributed by atoms with E-state index >= 15 is 0 Å². The minimum Gasteiger partial charge on any atom is -0.263 e. The van der Waals surface area contributed by atoms with Gasteiger partial charge in [0.1, 0.15) is 5.82 Å². The highest BCUT2D eigenvalue weighted by molar-refractivity contribution is 9.10. The average Bonchev–Trinajstić information content (AvgIpc) is 2.38. The molecule has 112 valence electrons. The summed E-state index contributed by atoms with van der Waals surface area (Å²) in [5, 5.41) is 0. The Labute approximate surface area is 133 Å². The molecule has 0 radical (unpaired) electrons. The van der Waals surface area contributed by atoms with Crippen molar-refractivity contribution in [2.45, 2.75) is 25.2 Å². The zero-order valence-electron chi connectivity index (χ0n) is 11.9. The molecule has 21 heavy (non-hydrogen) atoms. The van der Waals surface area contributed by atoms with Gasteiger partial charge in [-0.2, -0.15) is 0 Å². The van der Waals surface area contributed by atoms with Gasteiger partial charge < -0.3 is 0 Å². The summed E-state index contributed by atoms with van der Waals surface area (Å²) in [7, 11) is -3.61. The number of nitrogens with zero attached hydrogens (tertiary/aromatic N) is 1. The second kappa shape index (κ2) is 6.58. The fourth-order valence-corrected chi connectivity index (χ4v) is 3.27. The monoisotopic (exact) mass is 368 g/mol. The number of anilines is 1. The van der Waals surface area contributed by atoms with E-state index in [1.165, 1.54) is 6.20 Å². The van der Waals surface area contributed by atoms with Crippen molar-refractivity contribution in [3.63, 3.8) is 0 Å². The summed E-state index contributed by atoms with van der Waals surface area (Å²) < 4.78 is 27.8. The molecule has 0 unspecified atom stereocenters. The molecule has 1 aromatic heterocycles. The number of sulfonamides is 1. The van der Waals surface area contributed by atoms with Crippen molar-refractivity contribution in [2.75, 3.05) is 4.72 Å². The number of benzene rings is 1. The van der Waals surface area contributed by atoms with E-state index in [-0.39, 0.29) is 10.7 Å². The molecule has 0 saturated carbocycles. The Hall–Kier alpha value is -1.40. The van der Waals surface area contributed by atoms with Crippen molar-refractivity contribution < 1.29 is 8.42 Å². The maximum absolute atomic E-state index is 12.3.